The number of amides is 2. The predicted octanol–water partition coefficient (Wildman–Crippen LogP) is 4.58. The van der Waals surface area contributed by atoms with Crippen molar-refractivity contribution >= 4 is 34.5 Å². The van der Waals surface area contributed by atoms with E-state index < -0.39 is 0 Å². The Bertz CT molecular complexity index is 952. The molecule has 1 heterocycles. The first kappa shape index (κ1) is 21.5. The molecule has 2 aromatic carbocycles. The lowest BCUT2D eigenvalue weighted by Gasteiger charge is -2.11. The normalized spacial score (nSPS) is 10.6. The number of nitrogens with one attached hydrogen (secondary N) is 2. The molecule has 3 rings (SSSR count). The van der Waals surface area contributed by atoms with E-state index >= 15 is 0 Å². The van der Waals surface area contributed by atoms with Gasteiger partial charge in [0, 0.05) is 23.5 Å². The summed E-state index contributed by atoms with van der Waals surface area (Å²) in [5.74, 6) is 0.398. The lowest BCUT2D eigenvalue weighted by molar-refractivity contribution is 0.102. The quantitative estimate of drug-likeness (QED) is 0.494. The smallest absolute Gasteiger partial charge is 0.265 e. The molecule has 0 saturated heterocycles. The topological polar surface area (TPSA) is 70.7 Å². The molecule has 0 aliphatic heterocycles. The molecule has 30 heavy (non-hydrogen) atoms. The summed E-state index contributed by atoms with van der Waals surface area (Å²) in [4.78, 5) is 27.3. The molecule has 156 valence electrons. The Labute approximate surface area is 180 Å². The van der Waals surface area contributed by atoms with Gasteiger partial charge in [-0.05, 0) is 80.5 Å². The second-order valence-corrected chi connectivity index (χ2v) is 7.94. The molecule has 0 aliphatic carbocycles. The van der Waals surface area contributed by atoms with Crippen LogP contribution >= 0.6 is 11.3 Å². The van der Waals surface area contributed by atoms with Crippen molar-refractivity contribution in [1.82, 2.24) is 4.90 Å². The minimum absolute atomic E-state index is 0.161. The molecule has 0 bridgehead atoms. The highest BCUT2D eigenvalue weighted by Gasteiger charge is 2.09. The maximum Gasteiger partial charge on any atom is 0.265 e. The Morgan fingerprint density at radius 3 is 2.13 bits per heavy atom. The molecule has 3 aromatic rings. The van der Waals surface area contributed by atoms with Crippen molar-refractivity contribution < 1.29 is 14.3 Å². The number of anilines is 2. The first-order chi connectivity index (χ1) is 14.5. The van der Waals surface area contributed by atoms with Crippen molar-refractivity contribution in [3.05, 3.63) is 76.5 Å². The van der Waals surface area contributed by atoms with Gasteiger partial charge in [0.05, 0.1) is 11.5 Å². The van der Waals surface area contributed by atoms with Gasteiger partial charge in [0.25, 0.3) is 11.8 Å². The van der Waals surface area contributed by atoms with Crippen molar-refractivity contribution in [1.29, 1.82) is 0 Å². The highest BCUT2D eigenvalue weighted by Crippen LogP contribution is 2.18. The zero-order chi connectivity index (χ0) is 21.3. The van der Waals surface area contributed by atoms with Gasteiger partial charge in [-0.3, -0.25) is 9.59 Å². The largest absolute Gasteiger partial charge is 0.494 e. The predicted molar refractivity (Wildman–Crippen MR) is 122 cm³/mol. The minimum Gasteiger partial charge on any atom is -0.494 e. The SMILES string of the molecule is CN(C)CCCOc1ccc(NC(=O)c2ccc(NC(=O)c3cccs3)cc2)cc1. The van der Waals surface area contributed by atoms with Crippen molar-refractivity contribution in [3.63, 3.8) is 0 Å². The van der Waals surface area contributed by atoms with E-state index in [-0.39, 0.29) is 11.8 Å². The molecule has 2 N–H and O–H groups in total. The lowest BCUT2D eigenvalue weighted by Crippen LogP contribution is -2.15. The van der Waals surface area contributed by atoms with Gasteiger partial charge in [-0.2, -0.15) is 0 Å². The van der Waals surface area contributed by atoms with Crippen LogP contribution in [0.15, 0.2) is 66.0 Å². The molecule has 0 fully saturated rings. The van der Waals surface area contributed by atoms with Crippen LogP contribution in [0.2, 0.25) is 0 Å². The number of hydrogen-bond donors (Lipinski definition) is 2. The molecule has 0 radical (unpaired) electrons. The summed E-state index contributed by atoms with van der Waals surface area (Å²) in [6.45, 7) is 1.63. The molecule has 0 aliphatic rings. The lowest BCUT2D eigenvalue weighted by atomic mass is 10.2. The summed E-state index contributed by atoms with van der Waals surface area (Å²) >= 11 is 1.38. The van der Waals surface area contributed by atoms with Gasteiger partial charge in [0.15, 0.2) is 0 Å². The van der Waals surface area contributed by atoms with Crippen LogP contribution in [0.25, 0.3) is 0 Å². The number of carbonyl (C=O) groups is 2. The Balaban J connectivity index is 1.50. The number of nitrogens with zero attached hydrogens (tertiary/aromatic N) is 1. The van der Waals surface area contributed by atoms with Crippen LogP contribution in [0.3, 0.4) is 0 Å². The van der Waals surface area contributed by atoms with Crippen LogP contribution < -0.4 is 15.4 Å². The fourth-order valence-electron chi connectivity index (χ4n) is 2.71. The van der Waals surface area contributed by atoms with Crippen molar-refractivity contribution in [3.8, 4) is 5.75 Å². The van der Waals surface area contributed by atoms with Gasteiger partial charge in [0.1, 0.15) is 5.75 Å². The number of hydrogen-bond acceptors (Lipinski definition) is 5. The van der Waals surface area contributed by atoms with Crippen molar-refractivity contribution in [2.75, 3.05) is 37.9 Å². The second kappa shape index (κ2) is 10.6. The first-order valence-corrected chi connectivity index (χ1v) is 10.5. The average molecular weight is 424 g/mol. The molecular weight excluding hydrogens is 398 g/mol. The third-order valence-corrected chi connectivity index (χ3v) is 5.15. The second-order valence-electron chi connectivity index (χ2n) is 6.99. The van der Waals surface area contributed by atoms with Crippen LogP contribution in [-0.4, -0.2) is 44.0 Å². The van der Waals surface area contributed by atoms with Crippen molar-refractivity contribution in [2.24, 2.45) is 0 Å². The maximum atomic E-state index is 12.5. The van der Waals surface area contributed by atoms with E-state index in [1.165, 1.54) is 11.3 Å². The summed E-state index contributed by atoms with van der Waals surface area (Å²) in [7, 11) is 4.07. The van der Waals surface area contributed by atoms with Crippen LogP contribution in [0.5, 0.6) is 5.75 Å². The van der Waals surface area contributed by atoms with Gasteiger partial charge in [-0.1, -0.05) is 6.07 Å². The summed E-state index contributed by atoms with van der Waals surface area (Å²) in [6.07, 6.45) is 0.954. The summed E-state index contributed by atoms with van der Waals surface area (Å²) in [5, 5.41) is 7.53. The van der Waals surface area contributed by atoms with E-state index in [9.17, 15) is 9.59 Å². The standard InChI is InChI=1S/C23H25N3O3S/c1-26(2)14-4-15-29-20-12-10-19(11-13-20)24-22(27)17-6-8-18(9-7-17)25-23(28)21-5-3-16-30-21/h3,5-13,16H,4,14-15H2,1-2H3,(H,24,27)(H,25,28). The number of benzene rings is 2. The third-order valence-electron chi connectivity index (χ3n) is 4.28. The molecule has 0 atom stereocenters. The van der Waals surface area contributed by atoms with Crippen LogP contribution in [0.1, 0.15) is 26.5 Å². The van der Waals surface area contributed by atoms with Crippen LogP contribution in [-0.2, 0) is 0 Å². The van der Waals surface area contributed by atoms with Gasteiger partial charge >= 0.3 is 0 Å². The molecule has 0 spiro atoms. The molecule has 0 unspecified atom stereocenters. The van der Waals surface area contributed by atoms with E-state index in [4.69, 9.17) is 4.74 Å². The monoisotopic (exact) mass is 423 g/mol. The minimum atomic E-state index is -0.217. The maximum absolute atomic E-state index is 12.5. The molecule has 0 saturated carbocycles. The van der Waals surface area contributed by atoms with E-state index in [1.54, 1.807) is 30.3 Å². The Morgan fingerprint density at radius 2 is 1.53 bits per heavy atom. The Kier molecular flexibility index (Phi) is 7.59. The van der Waals surface area contributed by atoms with E-state index in [1.807, 2.05) is 49.8 Å². The third kappa shape index (κ3) is 6.43. The number of ether oxygens (including phenoxy) is 1. The molecule has 6 nitrogen and oxygen atoms in total. The molecule has 1 aromatic heterocycles. The fourth-order valence-corrected chi connectivity index (χ4v) is 3.33. The zero-order valence-corrected chi connectivity index (χ0v) is 17.9. The number of rotatable bonds is 9. The average Bonchev–Trinajstić information content (AvgIpc) is 3.28. The van der Waals surface area contributed by atoms with Gasteiger partial charge in [-0.25, -0.2) is 0 Å². The van der Waals surface area contributed by atoms with Gasteiger partial charge in [-0.15, -0.1) is 11.3 Å². The van der Waals surface area contributed by atoms with Crippen LogP contribution in [0.4, 0.5) is 11.4 Å². The summed E-state index contributed by atoms with van der Waals surface area (Å²) in [6, 6.07) is 17.7. The summed E-state index contributed by atoms with van der Waals surface area (Å²) < 4.78 is 5.70. The zero-order valence-electron chi connectivity index (χ0n) is 17.1. The van der Waals surface area contributed by atoms with Crippen LogP contribution in [0, 0.1) is 0 Å². The molecule has 7 heteroatoms. The van der Waals surface area contributed by atoms with E-state index in [0.717, 1.165) is 18.7 Å². The summed E-state index contributed by atoms with van der Waals surface area (Å²) in [5.41, 5.74) is 1.84. The van der Waals surface area contributed by atoms with Crippen molar-refractivity contribution in [2.45, 2.75) is 6.42 Å². The Hall–Kier alpha value is -3.16. The van der Waals surface area contributed by atoms with E-state index in [0.29, 0.717) is 28.4 Å². The van der Waals surface area contributed by atoms with E-state index in [2.05, 4.69) is 15.5 Å². The Morgan fingerprint density at radius 1 is 0.900 bits per heavy atom. The fraction of sp³-hybridized carbons (Fsp3) is 0.217. The first-order valence-electron chi connectivity index (χ1n) is 9.65. The number of thiophene rings is 1. The highest BCUT2D eigenvalue weighted by molar-refractivity contribution is 7.12. The number of carbonyl (C=O) groups excluding carboxylic acids is 2. The molecular formula is C23H25N3O3S. The highest BCUT2D eigenvalue weighted by atomic mass is 32.1. The molecule has 2 amide bonds. The van der Waals surface area contributed by atoms with Gasteiger partial charge in [0.2, 0.25) is 0 Å². The van der Waals surface area contributed by atoms with Gasteiger partial charge < -0.3 is 20.3 Å².